The predicted molar refractivity (Wildman–Crippen MR) is 83.0 cm³/mol. The summed E-state index contributed by atoms with van der Waals surface area (Å²) in [6.45, 7) is 0.542. The van der Waals surface area contributed by atoms with Gasteiger partial charge in [-0.2, -0.15) is 0 Å². The SMILES string of the molecule is CNC(Cc1ccc(OCc2ccccc2)cc1)C(N)=O. The molecule has 0 aliphatic rings. The number of nitrogens with two attached hydrogens (primary N) is 1. The van der Waals surface area contributed by atoms with Gasteiger partial charge in [-0.1, -0.05) is 42.5 Å². The van der Waals surface area contributed by atoms with Crippen LogP contribution in [-0.2, 0) is 17.8 Å². The van der Waals surface area contributed by atoms with Gasteiger partial charge >= 0.3 is 0 Å². The molecule has 0 spiro atoms. The largest absolute Gasteiger partial charge is 0.489 e. The van der Waals surface area contributed by atoms with E-state index in [2.05, 4.69) is 5.32 Å². The summed E-state index contributed by atoms with van der Waals surface area (Å²) in [6.07, 6.45) is 0.574. The van der Waals surface area contributed by atoms with E-state index in [1.54, 1.807) is 7.05 Å². The number of hydrogen-bond acceptors (Lipinski definition) is 3. The molecule has 0 aliphatic heterocycles. The smallest absolute Gasteiger partial charge is 0.234 e. The van der Waals surface area contributed by atoms with E-state index in [-0.39, 0.29) is 11.9 Å². The van der Waals surface area contributed by atoms with Gasteiger partial charge in [-0.3, -0.25) is 4.79 Å². The molecule has 0 radical (unpaired) electrons. The number of carbonyl (C=O) groups is 1. The fourth-order valence-corrected chi connectivity index (χ4v) is 2.04. The van der Waals surface area contributed by atoms with Crippen LogP contribution in [0.4, 0.5) is 0 Å². The first kappa shape index (κ1) is 15.1. The van der Waals surface area contributed by atoms with E-state index in [1.807, 2.05) is 54.6 Å². The van der Waals surface area contributed by atoms with Gasteiger partial charge in [-0.25, -0.2) is 0 Å². The molecule has 1 atom stereocenters. The van der Waals surface area contributed by atoms with Crippen LogP contribution >= 0.6 is 0 Å². The van der Waals surface area contributed by atoms with Crippen molar-refractivity contribution in [1.29, 1.82) is 0 Å². The van der Waals surface area contributed by atoms with Gasteiger partial charge in [0.25, 0.3) is 0 Å². The summed E-state index contributed by atoms with van der Waals surface area (Å²) in [4.78, 5) is 11.2. The molecule has 4 heteroatoms. The zero-order valence-corrected chi connectivity index (χ0v) is 12.1. The fraction of sp³-hybridized carbons (Fsp3) is 0.235. The summed E-state index contributed by atoms with van der Waals surface area (Å²) in [5, 5.41) is 2.91. The molecule has 1 unspecified atom stereocenters. The molecule has 21 heavy (non-hydrogen) atoms. The zero-order valence-electron chi connectivity index (χ0n) is 12.1. The van der Waals surface area contributed by atoms with Crippen LogP contribution < -0.4 is 15.8 Å². The maximum Gasteiger partial charge on any atom is 0.234 e. The van der Waals surface area contributed by atoms with E-state index in [0.29, 0.717) is 13.0 Å². The van der Waals surface area contributed by atoms with Crippen molar-refractivity contribution < 1.29 is 9.53 Å². The minimum atomic E-state index is -0.346. The standard InChI is InChI=1S/C17H20N2O2/c1-19-16(17(18)20)11-13-7-9-15(10-8-13)21-12-14-5-3-2-4-6-14/h2-10,16,19H,11-12H2,1H3,(H2,18,20). The monoisotopic (exact) mass is 284 g/mol. The second kappa shape index (κ2) is 7.45. The Morgan fingerprint density at radius 2 is 1.76 bits per heavy atom. The van der Waals surface area contributed by atoms with Crippen LogP contribution in [0.3, 0.4) is 0 Å². The van der Waals surface area contributed by atoms with E-state index in [9.17, 15) is 4.79 Å². The second-order valence-corrected chi connectivity index (χ2v) is 4.87. The average molecular weight is 284 g/mol. The van der Waals surface area contributed by atoms with Crippen molar-refractivity contribution >= 4 is 5.91 Å². The van der Waals surface area contributed by atoms with Crippen molar-refractivity contribution in [1.82, 2.24) is 5.32 Å². The van der Waals surface area contributed by atoms with Gasteiger partial charge < -0.3 is 15.8 Å². The minimum absolute atomic E-state index is 0.345. The van der Waals surface area contributed by atoms with Crippen molar-refractivity contribution in [2.45, 2.75) is 19.1 Å². The third-order valence-corrected chi connectivity index (χ3v) is 3.30. The maximum atomic E-state index is 11.2. The Hall–Kier alpha value is -2.33. The Morgan fingerprint density at radius 3 is 2.33 bits per heavy atom. The third kappa shape index (κ3) is 4.61. The number of rotatable bonds is 7. The molecular weight excluding hydrogens is 264 g/mol. The molecule has 0 heterocycles. The average Bonchev–Trinajstić information content (AvgIpc) is 2.52. The first-order chi connectivity index (χ1) is 10.2. The minimum Gasteiger partial charge on any atom is -0.489 e. The summed E-state index contributed by atoms with van der Waals surface area (Å²) in [6, 6.07) is 17.4. The first-order valence-electron chi connectivity index (χ1n) is 6.91. The number of amides is 1. The van der Waals surface area contributed by atoms with Crippen molar-refractivity contribution in [3.05, 3.63) is 65.7 Å². The molecule has 2 aromatic carbocycles. The lowest BCUT2D eigenvalue weighted by molar-refractivity contribution is -0.119. The van der Waals surface area contributed by atoms with E-state index < -0.39 is 0 Å². The molecule has 0 aromatic heterocycles. The number of ether oxygens (including phenoxy) is 1. The van der Waals surface area contributed by atoms with Gasteiger partial charge in [-0.05, 0) is 36.7 Å². The highest BCUT2D eigenvalue weighted by Crippen LogP contribution is 2.15. The Balaban J connectivity index is 1.91. The molecule has 1 amide bonds. The Kier molecular flexibility index (Phi) is 5.35. The van der Waals surface area contributed by atoms with Gasteiger partial charge in [-0.15, -0.1) is 0 Å². The van der Waals surface area contributed by atoms with Gasteiger partial charge in [0.15, 0.2) is 0 Å². The molecule has 0 bridgehead atoms. The fourth-order valence-electron chi connectivity index (χ4n) is 2.04. The maximum absolute atomic E-state index is 11.2. The molecule has 0 saturated heterocycles. The number of benzene rings is 2. The van der Waals surface area contributed by atoms with Gasteiger partial charge in [0.2, 0.25) is 5.91 Å². The van der Waals surface area contributed by atoms with Crippen LogP contribution in [0.5, 0.6) is 5.75 Å². The van der Waals surface area contributed by atoms with Crippen LogP contribution in [0.25, 0.3) is 0 Å². The number of hydrogen-bond donors (Lipinski definition) is 2. The number of primary amides is 1. The van der Waals surface area contributed by atoms with Crippen LogP contribution in [0.15, 0.2) is 54.6 Å². The lowest BCUT2D eigenvalue weighted by Gasteiger charge is -2.12. The lowest BCUT2D eigenvalue weighted by atomic mass is 10.1. The molecule has 0 aliphatic carbocycles. The van der Waals surface area contributed by atoms with E-state index in [1.165, 1.54) is 0 Å². The van der Waals surface area contributed by atoms with E-state index in [4.69, 9.17) is 10.5 Å². The summed E-state index contributed by atoms with van der Waals surface area (Å²) in [7, 11) is 1.73. The van der Waals surface area contributed by atoms with Crippen molar-refractivity contribution in [2.75, 3.05) is 7.05 Å². The topological polar surface area (TPSA) is 64.3 Å². The highest BCUT2D eigenvalue weighted by molar-refractivity contribution is 5.80. The lowest BCUT2D eigenvalue weighted by Crippen LogP contribution is -2.40. The first-order valence-corrected chi connectivity index (χ1v) is 6.91. The van der Waals surface area contributed by atoms with Crippen molar-refractivity contribution in [3.63, 3.8) is 0 Å². The highest BCUT2D eigenvalue weighted by atomic mass is 16.5. The normalized spacial score (nSPS) is 11.9. The number of carbonyl (C=O) groups excluding carboxylic acids is 1. The van der Waals surface area contributed by atoms with Gasteiger partial charge in [0, 0.05) is 0 Å². The molecule has 110 valence electrons. The molecule has 2 aromatic rings. The Labute approximate surface area is 124 Å². The number of likely N-dealkylation sites (N-methyl/N-ethyl adjacent to an activating group) is 1. The molecule has 4 nitrogen and oxygen atoms in total. The summed E-state index contributed by atoms with van der Waals surface area (Å²) in [5.74, 6) is 0.463. The number of nitrogens with one attached hydrogen (secondary N) is 1. The molecule has 2 rings (SSSR count). The van der Waals surface area contributed by atoms with Crippen LogP contribution in [0, 0.1) is 0 Å². The van der Waals surface area contributed by atoms with Gasteiger partial charge in [0.1, 0.15) is 12.4 Å². The van der Waals surface area contributed by atoms with E-state index in [0.717, 1.165) is 16.9 Å². The summed E-state index contributed by atoms with van der Waals surface area (Å²) >= 11 is 0. The van der Waals surface area contributed by atoms with Gasteiger partial charge in [0.05, 0.1) is 6.04 Å². The molecule has 0 saturated carbocycles. The zero-order chi connectivity index (χ0) is 15.1. The van der Waals surface area contributed by atoms with Crippen molar-refractivity contribution in [3.8, 4) is 5.75 Å². The van der Waals surface area contributed by atoms with Crippen LogP contribution in [-0.4, -0.2) is 19.0 Å². The van der Waals surface area contributed by atoms with E-state index >= 15 is 0 Å². The Bertz CT molecular complexity index is 567. The summed E-state index contributed by atoms with van der Waals surface area (Å²) in [5.41, 5.74) is 7.48. The van der Waals surface area contributed by atoms with Crippen LogP contribution in [0.1, 0.15) is 11.1 Å². The van der Waals surface area contributed by atoms with Crippen molar-refractivity contribution in [2.24, 2.45) is 5.73 Å². The third-order valence-electron chi connectivity index (χ3n) is 3.30. The molecule has 3 N–H and O–H groups in total. The predicted octanol–water partition coefficient (Wildman–Crippen LogP) is 1.88. The highest BCUT2D eigenvalue weighted by Gasteiger charge is 2.12. The quantitative estimate of drug-likeness (QED) is 0.816. The molecule has 0 fully saturated rings. The van der Waals surface area contributed by atoms with Crippen LogP contribution in [0.2, 0.25) is 0 Å². The summed E-state index contributed by atoms with van der Waals surface area (Å²) < 4.78 is 5.72. The Morgan fingerprint density at radius 1 is 1.10 bits per heavy atom. The molecular formula is C17H20N2O2. The second-order valence-electron chi connectivity index (χ2n) is 4.87.